The number of rotatable bonds is 6. The second-order valence-corrected chi connectivity index (χ2v) is 9.47. The van der Waals surface area contributed by atoms with E-state index in [4.69, 9.17) is 4.74 Å². The Labute approximate surface area is 209 Å². The minimum Gasteiger partial charge on any atom is -0.489 e. The number of halogens is 1. The summed E-state index contributed by atoms with van der Waals surface area (Å²) in [6.07, 6.45) is 5.82. The van der Waals surface area contributed by atoms with Crippen molar-refractivity contribution in [3.05, 3.63) is 90.6 Å². The van der Waals surface area contributed by atoms with Crippen molar-refractivity contribution >= 4 is 33.3 Å². The highest BCUT2D eigenvalue weighted by atomic mass is 19.1. The van der Waals surface area contributed by atoms with E-state index in [9.17, 15) is 4.39 Å². The van der Waals surface area contributed by atoms with Crippen LogP contribution in [0, 0.1) is 5.82 Å². The molecule has 182 valence electrons. The maximum Gasteiger partial charge on any atom is 0.145 e. The highest BCUT2D eigenvalue weighted by molar-refractivity contribution is 5.96. The Kier molecular flexibility index (Phi) is 5.99. The minimum atomic E-state index is -0.216. The molecule has 1 aliphatic rings. The summed E-state index contributed by atoms with van der Waals surface area (Å²) in [5.41, 5.74) is 3.79. The number of aromatic nitrogens is 3. The normalized spacial score (nSPS) is 14.9. The molecule has 1 N–H and O–H groups in total. The predicted octanol–water partition coefficient (Wildman–Crippen LogP) is 5.99. The van der Waals surface area contributed by atoms with Gasteiger partial charge >= 0.3 is 0 Å². The van der Waals surface area contributed by atoms with Crippen LogP contribution in [0.5, 0.6) is 5.75 Å². The second kappa shape index (κ2) is 9.59. The van der Waals surface area contributed by atoms with Crippen LogP contribution in [0.25, 0.3) is 21.8 Å². The number of hydrogen-bond acceptors (Lipinski definition) is 5. The van der Waals surface area contributed by atoms with E-state index in [1.807, 2.05) is 36.5 Å². The van der Waals surface area contributed by atoms with E-state index in [0.29, 0.717) is 6.54 Å². The number of fused-ring (bicyclic) bond motifs is 2. The number of anilines is 2. The third-order valence-corrected chi connectivity index (χ3v) is 6.86. The van der Waals surface area contributed by atoms with Crippen LogP contribution in [0.15, 0.2) is 79.3 Å². The summed E-state index contributed by atoms with van der Waals surface area (Å²) in [5.74, 6) is 1.32. The van der Waals surface area contributed by atoms with Crippen molar-refractivity contribution in [3.8, 4) is 5.75 Å². The monoisotopic (exact) mass is 481 g/mol. The molecule has 1 aliphatic heterocycles. The first kappa shape index (κ1) is 22.5. The van der Waals surface area contributed by atoms with E-state index in [1.165, 1.54) is 6.07 Å². The zero-order valence-corrected chi connectivity index (χ0v) is 20.2. The number of benzene rings is 3. The van der Waals surface area contributed by atoms with Gasteiger partial charge in [-0.3, -0.25) is 0 Å². The molecule has 36 heavy (non-hydrogen) atoms. The average molecular weight is 482 g/mol. The van der Waals surface area contributed by atoms with Crippen LogP contribution in [0.4, 0.5) is 15.9 Å². The van der Waals surface area contributed by atoms with Gasteiger partial charge in [0.15, 0.2) is 0 Å². The Morgan fingerprint density at radius 1 is 1.00 bits per heavy atom. The predicted molar refractivity (Wildman–Crippen MR) is 141 cm³/mol. The van der Waals surface area contributed by atoms with Gasteiger partial charge < -0.3 is 19.5 Å². The molecular formula is C29H28FN5O. The fourth-order valence-electron chi connectivity index (χ4n) is 4.94. The Morgan fingerprint density at radius 2 is 1.86 bits per heavy atom. The molecule has 7 heteroatoms. The van der Waals surface area contributed by atoms with Gasteiger partial charge in [-0.1, -0.05) is 18.2 Å². The highest BCUT2D eigenvalue weighted by Gasteiger charge is 2.20. The summed E-state index contributed by atoms with van der Waals surface area (Å²) < 4.78 is 22.2. The number of ether oxygens (including phenoxy) is 1. The first-order valence-electron chi connectivity index (χ1n) is 12.3. The molecule has 5 aromatic rings. The fraction of sp³-hybridized carbons (Fsp3) is 0.241. The van der Waals surface area contributed by atoms with Crippen molar-refractivity contribution in [2.45, 2.75) is 25.5 Å². The fourth-order valence-corrected chi connectivity index (χ4v) is 4.94. The Bertz CT molecular complexity index is 1520. The van der Waals surface area contributed by atoms with Gasteiger partial charge in [0.2, 0.25) is 0 Å². The standard InChI is InChI=1S/C29H28FN5O/c1-34-13-11-24(12-14-34)36-27-7-3-6-25-28(27)29(32-19-31-25)33-23-8-9-26-21(17-23)10-15-35(26)18-20-4-2-5-22(30)16-20/h2-10,15-17,19,24H,11-14,18H2,1H3,(H,31,32,33). The van der Waals surface area contributed by atoms with Gasteiger partial charge in [0.25, 0.3) is 0 Å². The average Bonchev–Trinajstić information content (AvgIpc) is 3.27. The molecule has 3 heterocycles. The first-order valence-corrected chi connectivity index (χ1v) is 12.3. The molecule has 0 atom stereocenters. The quantitative estimate of drug-likeness (QED) is 0.323. The van der Waals surface area contributed by atoms with Gasteiger partial charge in [0.05, 0.1) is 10.9 Å². The summed E-state index contributed by atoms with van der Waals surface area (Å²) in [5, 5.41) is 5.48. The molecule has 0 saturated carbocycles. The van der Waals surface area contributed by atoms with E-state index >= 15 is 0 Å². The lowest BCUT2D eigenvalue weighted by molar-refractivity contribution is 0.116. The molecule has 1 fully saturated rings. The number of piperidine rings is 1. The first-order chi connectivity index (χ1) is 17.6. The summed E-state index contributed by atoms with van der Waals surface area (Å²) in [4.78, 5) is 11.4. The van der Waals surface area contributed by atoms with Gasteiger partial charge in [-0.25, -0.2) is 14.4 Å². The lowest BCUT2D eigenvalue weighted by Gasteiger charge is -2.29. The number of nitrogens with zero attached hydrogens (tertiary/aromatic N) is 4. The van der Waals surface area contributed by atoms with Crippen LogP contribution >= 0.6 is 0 Å². The van der Waals surface area contributed by atoms with Crippen LogP contribution in [-0.2, 0) is 6.54 Å². The third kappa shape index (κ3) is 4.62. The molecule has 0 bridgehead atoms. The van der Waals surface area contributed by atoms with Gasteiger partial charge in [-0.15, -0.1) is 0 Å². The largest absolute Gasteiger partial charge is 0.489 e. The van der Waals surface area contributed by atoms with Gasteiger partial charge in [-0.05, 0) is 74.0 Å². The zero-order valence-electron chi connectivity index (χ0n) is 20.2. The molecule has 0 radical (unpaired) electrons. The summed E-state index contributed by atoms with van der Waals surface area (Å²) in [6, 6.07) is 21.0. The molecular weight excluding hydrogens is 453 g/mol. The molecule has 1 saturated heterocycles. The van der Waals surface area contributed by atoms with E-state index in [2.05, 4.69) is 50.0 Å². The van der Waals surface area contributed by atoms with Crippen molar-refractivity contribution < 1.29 is 9.13 Å². The molecule has 0 spiro atoms. The van der Waals surface area contributed by atoms with E-state index < -0.39 is 0 Å². The smallest absolute Gasteiger partial charge is 0.145 e. The summed E-state index contributed by atoms with van der Waals surface area (Å²) in [7, 11) is 2.15. The zero-order chi connectivity index (χ0) is 24.5. The summed E-state index contributed by atoms with van der Waals surface area (Å²) in [6.45, 7) is 2.69. The topological polar surface area (TPSA) is 55.2 Å². The SMILES string of the molecule is CN1CCC(Oc2cccc3ncnc(Nc4ccc5c(ccn5Cc5cccc(F)c5)c4)c23)CC1. The van der Waals surface area contributed by atoms with Crippen molar-refractivity contribution in [1.29, 1.82) is 0 Å². The molecule has 0 amide bonds. The van der Waals surface area contributed by atoms with E-state index in [-0.39, 0.29) is 11.9 Å². The highest BCUT2D eigenvalue weighted by Crippen LogP contribution is 2.34. The minimum absolute atomic E-state index is 0.189. The molecule has 6 rings (SSSR count). The van der Waals surface area contributed by atoms with Crippen molar-refractivity contribution in [1.82, 2.24) is 19.4 Å². The Balaban J connectivity index is 1.28. The second-order valence-electron chi connectivity index (χ2n) is 9.47. The molecule has 6 nitrogen and oxygen atoms in total. The number of likely N-dealkylation sites (tertiary alicyclic amines) is 1. The van der Waals surface area contributed by atoms with Crippen LogP contribution in [-0.4, -0.2) is 45.7 Å². The third-order valence-electron chi connectivity index (χ3n) is 6.86. The van der Waals surface area contributed by atoms with E-state index in [1.54, 1.807) is 18.5 Å². The van der Waals surface area contributed by atoms with Crippen molar-refractivity contribution in [3.63, 3.8) is 0 Å². The lowest BCUT2D eigenvalue weighted by Crippen LogP contribution is -2.35. The van der Waals surface area contributed by atoms with Gasteiger partial charge in [-0.2, -0.15) is 0 Å². The maximum atomic E-state index is 13.6. The number of hydrogen-bond donors (Lipinski definition) is 1. The van der Waals surface area contributed by atoms with Gasteiger partial charge in [0, 0.05) is 42.4 Å². The lowest BCUT2D eigenvalue weighted by atomic mass is 10.1. The molecule has 2 aromatic heterocycles. The number of nitrogens with one attached hydrogen (secondary N) is 1. The van der Waals surface area contributed by atoms with Crippen molar-refractivity contribution in [2.75, 3.05) is 25.5 Å². The van der Waals surface area contributed by atoms with Crippen LogP contribution in [0.3, 0.4) is 0 Å². The molecule has 0 unspecified atom stereocenters. The van der Waals surface area contributed by atoms with E-state index in [0.717, 1.165) is 70.6 Å². The Hall–Kier alpha value is -3.97. The van der Waals surface area contributed by atoms with Crippen LogP contribution in [0.2, 0.25) is 0 Å². The maximum absolute atomic E-state index is 13.6. The summed E-state index contributed by atoms with van der Waals surface area (Å²) >= 11 is 0. The van der Waals surface area contributed by atoms with Gasteiger partial charge in [0.1, 0.15) is 29.8 Å². The van der Waals surface area contributed by atoms with Crippen LogP contribution in [0.1, 0.15) is 18.4 Å². The van der Waals surface area contributed by atoms with Crippen molar-refractivity contribution in [2.24, 2.45) is 0 Å². The Morgan fingerprint density at radius 3 is 2.72 bits per heavy atom. The molecule has 0 aliphatic carbocycles. The van der Waals surface area contributed by atoms with Crippen LogP contribution < -0.4 is 10.1 Å². The molecule has 3 aromatic carbocycles.